The number of aryl methyl sites for hydroxylation is 1. The number of nitrogens with one attached hydrogen (secondary N) is 1. The minimum absolute atomic E-state index is 0.251. The smallest absolute Gasteiger partial charge is 0.497 e. The molecule has 0 saturated carbocycles. The molecule has 0 aliphatic carbocycles. The Morgan fingerprint density at radius 2 is 1.73 bits per heavy atom. The van der Waals surface area contributed by atoms with E-state index in [-0.39, 0.29) is 23.6 Å². The monoisotopic (exact) mass is 678 g/mol. The van der Waals surface area contributed by atoms with E-state index in [1.165, 1.54) is 46.6 Å². The molecule has 13 heteroatoms. The fourth-order valence-corrected chi connectivity index (χ4v) is 6.13. The number of amides is 2. The molecule has 1 N–H and O–H groups in total. The summed E-state index contributed by atoms with van der Waals surface area (Å²) in [6.07, 6.45) is -1.60. The molecule has 252 valence electrons. The lowest BCUT2D eigenvalue weighted by molar-refractivity contribution is -0.274. The first-order valence-electron chi connectivity index (χ1n) is 15.5. The van der Waals surface area contributed by atoms with Crippen LogP contribution >= 0.6 is 11.3 Å². The molecule has 1 atom stereocenters. The molecule has 0 bridgehead atoms. The highest BCUT2D eigenvalue weighted by Crippen LogP contribution is 2.29. The van der Waals surface area contributed by atoms with Crippen molar-refractivity contribution < 1.29 is 27.4 Å². The summed E-state index contributed by atoms with van der Waals surface area (Å²) < 4.78 is 50.2. The molecule has 2 heterocycles. The molecular weight excluding hydrogens is 641 g/mol. The number of hydrogen-bond acceptors (Lipinski definition) is 6. The van der Waals surface area contributed by atoms with Crippen LogP contribution in [0.15, 0.2) is 83.4 Å². The van der Waals surface area contributed by atoms with Crippen molar-refractivity contribution in [2.75, 3.05) is 13.7 Å². The number of aromatic nitrogens is 4. The maximum atomic E-state index is 12.8. The van der Waals surface area contributed by atoms with Crippen molar-refractivity contribution in [2.24, 2.45) is 4.99 Å². The maximum Gasteiger partial charge on any atom is 0.573 e. The van der Waals surface area contributed by atoms with Crippen molar-refractivity contribution in [1.29, 1.82) is 0 Å². The second-order valence-electron chi connectivity index (χ2n) is 11.6. The third-order valence-electron chi connectivity index (χ3n) is 7.83. The summed E-state index contributed by atoms with van der Waals surface area (Å²) in [5.74, 6) is 1.48. The second kappa shape index (κ2) is 14.9. The number of ether oxygens (including phenoxy) is 2. The molecule has 3 aromatic carbocycles. The number of nitrogens with zero attached hydrogens (tertiary/aromatic N) is 5. The van der Waals surface area contributed by atoms with Crippen LogP contribution in [-0.2, 0) is 0 Å². The number of methoxy groups -OCH3 is 1. The Morgan fingerprint density at radius 3 is 2.40 bits per heavy atom. The number of rotatable bonds is 11. The molecule has 1 unspecified atom stereocenters. The summed E-state index contributed by atoms with van der Waals surface area (Å²) in [5, 5.41) is 9.39. The van der Waals surface area contributed by atoms with E-state index in [1.807, 2.05) is 59.3 Å². The van der Waals surface area contributed by atoms with Crippen molar-refractivity contribution >= 4 is 17.4 Å². The zero-order valence-corrected chi connectivity index (χ0v) is 28.1. The average Bonchev–Trinajstić information content (AvgIpc) is 3.69. The molecule has 2 amide bonds. The molecule has 0 aliphatic heterocycles. The van der Waals surface area contributed by atoms with E-state index < -0.39 is 6.36 Å². The topological polar surface area (TPSA) is 95.6 Å². The number of benzene rings is 3. The lowest BCUT2D eigenvalue weighted by Gasteiger charge is -2.16. The van der Waals surface area contributed by atoms with Crippen LogP contribution in [0, 0.1) is 6.92 Å². The van der Waals surface area contributed by atoms with E-state index in [4.69, 9.17) is 4.74 Å². The molecule has 2 aromatic heterocycles. The molecule has 9 nitrogen and oxygen atoms in total. The van der Waals surface area contributed by atoms with Gasteiger partial charge in [-0.25, -0.2) is 14.5 Å². The van der Waals surface area contributed by atoms with Crippen LogP contribution in [0.25, 0.3) is 22.8 Å². The zero-order valence-electron chi connectivity index (χ0n) is 27.3. The van der Waals surface area contributed by atoms with E-state index >= 15 is 0 Å². The Balaban J connectivity index is 1.15. The number of halogens is 3. The summed E-state index contributed by atoms with van der Waals surface area (Å²) in [4.78, 5) is 22.2. The van der Waals surface area contributed by atoms with Gasteiger partial charge in [0.05, 0.1) is 18.5 Å². The van der Waals surface area contributed by atoms with Crippen LogP contribution in [0.1, 0.15) is 62.3 Å². The highest BCUT2D eigenvalue weighted by atomic mass is 32.1. The Morgan fingerprint density at radius 1 is 1.02 bits per heavy atom. The fraction of sp³-hybridized carbons (Fsp3) is 0.314. The van der Waals surface area contributed by atoms with Gasteiger partial charge in [0.25, 0.3) is 0 Å². The van der Waals surface area contributed by atoms with Crippen LogP contribution in [0.3, 0.4) is 0 Å². The fourth-order valence-electron chi connectivity index (χ4n) is 5.27. The normalized spacial score (nSPS) is 12.7. The number of carbonyl (C=O) groups excluding carboxylic acids is 1. The molecule has 48 heavy (non-hydrogen) atoms. The Bertz CT molecular complexity index is 1910. The van der Waals surface area contributed by atoms with Gasteiger partial charge in [0, 0.05) is 23.2 Å². The predicted molar refractivity (Wildman–Crippen MR) is 179 cm³/mol. The van der Waals surface area contributed by atoms with Crippen LogP contribution in [0.2, 0.25) is 0 Å². The van der Waals surface area contributed by atoms with E-state index in [2.05, 4.69) is 45.9 Å². The highest BCUT2D eigenvalue weighted by molar-refractivity contribution is 7.07. The third kappa shape index (κ3) is 8.51. The summed E-state index contributed by atoms with van der Waals surface area (Å²) in [6.45, 7) is 8.89. The number of thiazole rings is 1. The second-order valence-corrected chi connectivity index (χ2v) is 12.5. The lowest BCUT2D eigenvalue weighted by Crippen LogP contribution is -2.25. The predicted octanol–water partition coefficient (Wildman–Crippen LogP) is 8.32. The van der Waals surface area contributed by atoms with Gasteiger partial charge >= 0.3 is 12.4 Å². The Hall–Kier alpha value is -4.91. The summed E-state index contributed by atoms with van der Waals surface area (Å²) in [7, 11) is 1.65. The van der Waals surface area contributed by atoms with Crippen LogP contribution in [0.4, 0.5) is 18.0 Å². The van der Waals surface area contributed by atoms with Crippen LogP contribution in [0.5, 0.6) is 11.5 Å². The molecular formula is C35H37F3N6O3S. The molecule has 0 aliphatic rings. The quantitative estimate of drug-likeness (QED) is 0.142. The van der Waals surface area contributed by atoms with Crippen molar-refractivity contribution in [3.05, 3.63) is 100 Å². The van der Waals surface area contributed by atoms with Crippen LogP contribution < -0.4 is 19.6 Å². The number of hydrogen-bond donors (Lipinski definition) is 1. The minimum Gasteiger partial charge on any atom is -0.497 e. The average molecular weight is 679 g/mol. The Labute approximate surface area is 280 Å². The number of carbonyl (C=O) groups is 1. The minimum atomic E-state index is -4.75. The van der Waals surface area contributed by atoms with E-state index in [1.54, 1.807) is 7.11 Å². The van der Waals surface area contributed by atoms with Crippen molar-refractivity contribution in [2.45, 2.75) is 58.7 Å². The van der Waals surface area contributed by atoms with Crippen LogP contribution in [-0.4, -0.2) is 45.4 Å². The van der Waals surface area contributed by atoms with Gasteiger partial charge in [-0.15, -0.1) is 29.6 Å². The highest BCUT2D eigenvalue weighted by Gasteiger charge is 2.31. The van der Waals surface area contributed by atoms with E-state index in [0.29, 0.717) is 22.9 Å². The van der Waals surface area contributed by atoms with Gasteiger partial charge in [-0.05, 0) is 85.2 Å². The molecule has 5 rings (SSSR count). The standard InChI is InChI=1S/C35H37F3N6O3S/c1-22(2)30-19-29(46-5)16-17-31(30)44-24(4)20-48-34(44)41-33(45)39-18-6-7-23(3)25-8-10-26(11-9-25)32-40-21-43(42-32)27-12-14-28(15-13-27)47-35(36,37)38/h8-17,19-23H,6-7,18H2,1-5H3,(H,39,45). The van der Waals surface area contributed by atoms with Gasteiger partial charge < -0.3 is 14.8 Å². The maximum absolute atomic E-state index is 12.8. The lowest BCUT2D eigenvalue weighted by atomic mass is 9.95. The van der Waals surface area contributed by atoms with Crippen molar-refractivity contribution in [3.63, 3.8) is 0 Å². The van der Waals surface area contributed by atoms with Crippen molar-refractivity contribution in [1.82, 2.24) is 24.6 Å². The van der Waals surface area contributed by atoms with E-state index in [9.17, 15) is 18.0 Å². The summed E-state index contributed by atoms with van der Waals surface area (Å²) in [5.41, 5.74) is 5.59. The molecule has 0 spiro atoms. The molecule has 0 radical (unpaired) electrons. The molecule has 5 aromatic rings. The first kappa shape index (κ1) is 34.4. The van der Waals surface area contributed by atoms with Gasteiger partial charge in [-0.3, -0.25) is 4.57 Å². The van der Waals surface area contributed by atoms with Gasteiger partial charge in [-0.2, -0.15) is 4.99 Å². The number of alkyl halides is 3. The van der Waals surface area contributed by atoms with E-state index in [0.717, 1.165) is 46.7 Å². The van der Waals surface area contributed by atoms with Crippen molar-refractivity contribution in [3.8, 4) is 34.3 Å². The number of urea groups is 1. The first-order valence-corrected chi connectivity index (χ1v) is 16.4. The first-order chi connectivity index (χ1) is 22.9. The summed E-state index contributed by atoms with van der Waals surface area (Å²) >= 11 is 1.43. The molecule has 0 fully saturated rings. The third-order valence-corrected chi connectivity index (χ3v) is 8.77. The van der Waals surface area contributed by atoms with Gasteiger partial charge in [0.15, 0.2) is 10.6 Å². The summed E-state index contributed by atoms with van der Waals surface area (Å²) in [6, 6.07) is 18.9. The Kier molecular flexibility index (Phi) is 10.7. The zero-order chi connectivity index (χ0) is 34.4. The van der Waals surface area contributed by atoms with Gasteiger partial charge in [0.2, 0.25) is 0 Å². The van der Waals surface area contributed by atoms with Gasteiger partial charge in [0.1, 0.15) is 17.8 Å². The van der Waals surface area contributed by atoms with Gasteiger partial charge in [-0.1, -0.05) is 45.0 Å². The largest absolute Gasteiger partial charge is 0.573 e. The SMILES string of the molecule is COc1ccc(-n2c(C)csc2=NC(=O)NCCCC(C)c2ccc(-c3ncn(-c4ccc(OC(F)(F)F)cc4)n3)cc2)c(C(C)C)c1. The molecule has 0 saturated heterocycles.